The summed E-state index contributed by atoms with van der Waals surface area (Å²) in [4.78, 5) is 7.33. The van der Waals surface area contributed by atoms with Gasteiger partial charge in [-0.3, -0.25) is 9.89 Å². The van der Waals surface area contributed by atoms with Crippen LogP contribution in [0.15, 0.2) is 29.3 Å². The summed E-state index contributed by atoms with van der Waals surface area (Å²) in [5, 5.41) is 6.80. The minimum atomic E-state index is 0.449. The van der Waals surface area contributed by atoms with Gasteiger partial charge in [0.25, 0.3) is 0 Å². The van der Waals surface area contributed by atoms with Gasteiger partial charge in [-0.1, -0.05) is 31.2 Å². The number of aliphatic imine (C=N–C) groups is 1. The number of hydrogen-bond donors (Lipinski definition) is 2. The molecule has 4 heteroatoms. The summed E-state index contributed by atoms with van der Waals surface area (Å²) in [5.74, 6) is 0.936. The number of rotatable bonds is 6. The van der Waals surface area contributed by atoms with Crippen LogP contribution in [0, 0.1) is 0 Å². The first-order chi connectivity index (χ1) is 11.1. The highest BCUT2D eigenvalue weighted by Crippen LogP contribution is 2.20. The Morgan fingerprint density at radius 2 is 1.96 bits per heavy atom. The van der Waals surface area contributed by atoms with E-state index in [0.29, 0.717) is 12.1 Å². The molecular formula is C19H32N4. The van der Waals surface area contributed by atoms with Crippen molar-refractivity contribution in [2.75, 3.05) is 19.6 Å². The van der Waals surface area contributed by atoms with E-state index in [1.54, 1.807) is 0 Å². The normalized spacial score (nSPS) is 18.2. The van der Waals surface area contributed by atoms with Crippen LogP contribution in [0.4, 0.5) is 0 Å². The number of guanidine groups is 1. The molecule has 2 N–H and O–H groups in total. The van der Waals surface area contributed by atoms with Crippen LogP contribution in [-0.4, -0.2) is 42.6 Å². The van der Waals surface area contributed by atoms with Gasteiger partial charge in [0.05, 0.1) is 6.54 Å². The molecule has 2 rings (SSSR count). The van der Waals surface area contributed by atoms with Crippen molar-refractivity contribution in [3.05, 3.63) is 35.4 Å². The molecule has 0 saturated carbocycles. The van der Waals surface area contributed by atoms with E-state index in [1.807, 2.05) is 0 Å². The molecular weight excluding hydrogens is 284 g/mol. The second kappa shape index (κ2) is 8.92. The van der Waals surface area contributed by atoms with E-state index in [4.69, 9.17) is 4.99 Å². The first-order valence-electron chi connectivity index (χ1n) is 8.99. The van der Waals surface area contributed by atoms with Gasteiger partial charge in [-0.05, 0) is 44.7 Å². The lowest BCUT2D eigenvalue weighted by atomic mass is 9.99. The molecule has 0 aromatic heterocycles. The predicted molar refractivity (Wildman–Crippen MR) is 98.9 cm³/mol. The Bertz CT molecular complexity index is 512. The first-order valence-corrected chi connectivity index (χ1v) is 8.99. The lowest BCUT2D eigenvalue weighted by molar-refractivity contribution is 0.195. The molecule has 0 amide bonds. The number of benzene rings is 1. The molecule has 2 unspecified atom stereocenters. The summed E-state index contributed by atoms with van der Waals surface area (Å²) >= 11 is 0. The van der Waals surface area contributed by atoms with Crippen molar-refractivity contribution in [1.29, 1.82) is 0 Å². The van der Waals surface area contributed by atoms with Gasteiger partial charge in [0.2, 0.25) is 0 Å². The van der Waals surface area contributed by atoms with Crippen molar-refractivity contribution < 1.29 is 0 Å². The van der Waals surface area contributed by atoms with Gasteiger partial charge >= 0.3 is 0 Å². The highest BCUT2D eigenvalue weighted by atomic mass is 15.2. The minimum Gasteiger partial charge on any atom is -0.357 e. The maximum absolute atomic E-state index is 4.79. The molecule has 0 bridgehead atoms. The van der Waals surface area contributed by atoms with E-state index >= 15 is 0 Å². The topological polar surface area (TPSA) is 39.7 Å². The van der Waals surface area contributed by atoms with E-state index in [2.05, 4.69) is 67.5 Å². The summed E-state index contributed by atoms with van der Waals surface area (Å²) in [7, 11) is 0. The molecule has 1 aromatic rings. The van der Waals surface area contributed by atoms with Gasteiger partial charge in [-0.2, -0.15) is 0 Å². The van der Waals surface area contributed by atoms with Crippen LogP contribution in [0.5, 0.6) is 0 Å². The van der Waals surface area contributed by atoms with Crippen molar-refractivity contribution in [1.82, 2.24) is 15.5 Å². The Labute approximate surface area is 141 Å². The van der Waals surface area contributed by atoms with Crippen LogP contribution in [0.25, 0.3) is 0 Å². The summed E-state index contributed by atoms with van der Waals surface area (Å²) < 4.78 is 0. The van der Waals surface area contributed by atoms with Gasteiger partial charge < -0.3 is 10.6 Å². The van der Waals surface area contributed by atoms with Crippen LogP contribution < -0.4 is 10.6 Å². The lowest BCUT2D eigenvalue weighted by Gasteiger charge is -2.33. The SMILES string of the molecule is CCNC(=NCC(C)N1CCc2ccccc2C1)NC(C)CC. The minimum absolute atomic E-state index is 0.449. The zero-order valence-electron chi connectivity index (χ0n) is 15.1. The van der Waals surface area contributed by atoms with Gasteiger partial charge in [-0.15, -0.1) is 0 Å². The molecule has 0 radical (unpaired) electrons. The Balaban J connectivity index is 1.92. The maximum atomic E-state index is 4.79. The Hall–Kier alpha value is -1.55. The van der Waals surface area contributed by atoms with Crippen LogP contribution in [0.1, 0.15) is 45.2 Å². The largest absolute Gasteiger partial charge is 0.357 e. The predicted octanol–water partition coefficient (Wildman–Crippen LogP) is 2.79. The highest BCUT2D eigenvalue weighted by molar-refractivity contribution is 5.80. The monoisotopic (exact) mass is 316 g/mol. The van der Waals surface area contributed by atoms with Gasteiger partial charge in [-0.25, -0.2) is 0 Å². The third kappa shape index (κ3) is 5.24. The summed E-state index contributed by atoms with van der Waals surface area (Å²) in [6, 6.07) is 9.71. The van der Waals surface area contributed by atoms with Crippen LogP contribution in [0.3, 0.4) is 0 Å². The maximum Gasteiger partial charge on any atom is 0.191 e. The molecule has 1 aromatic carbocycles. The van der Waals surface area contributed by atoms with E-state index in [9.17, 15) is 0 Å². The number of fused-ring (bicyclic) bond motifs is 1. The average Bonchev–Trinajstić information content (AvgIpc) is 2.59. The molecule has 0 spiro atoms. The molecule has 0 fully saturated rings. The average molecular weight is 316 g/mol. The molecule has 0 saturated heterocycles. The lowest BCUT2D eigenvalue weighted by Crippen LogP contribution is -2.44. The Morgan fingerprint density at radius 3 is 2.65 bits per heavy atom. The second-order valence-electron chi connectivity index (χ2n) is 6.51. The standard InChI is InChI=1S/C19H32N4/c1-5-15(3)22-19(20-6-2)21-13-16(4)23-12-11-17-9-7-8-10-18(17)14-23/h7-10,15-16H,5-6,11-14H2,1-4H3,(H2,20,21,22). The first kappa shape index (κ1) is 17.8. The van der Waals surface area contributed by atoms with Crippen LogP contribution in [0.2, 0.25) is 0 Å². The van der Waals surface area contributed by atoms with Crippen molar-refractivity contribution in [3.8, 4) is 0 Å². The zero-order chi connectivity index (χ0) is 16.7. The van der Waals surface area contributed by atoms with Crippen LogP contribution in [-0.2, 0) is 13.0 Å². The molecule has 2 atom stereocenters. The molecule has 128 valence electrons. The summed E-state index contributed by atoms with van der Waals surface area (Å²) in [6.07, 6.45) is 2.25. The fourth-order valence-electron chi connectivity index (χ4n) is 2.89. The molecule has 0 aliphatic carbocycles. The summed E-state index contributed by atoms with van der Waals surface area (Å²) in [6.45, 7) is 12.7. The molecule has 23 heavy (non-hydrogen) atoms. The highest BCUT2D eigenvalue weighted by Gasteiger charge is 2.20. The van der Waals surface area contributed by atoms with Crippen molar-refractivity contribution in [3.63, 3.8) is 0 Å². The number of nitrogens with zero attached hydrogens (tertiary/aromatic N) is 2. The number of nitrogens with one attached hydrogen (secondary N) is 2. The Morgan fingerprint density at radius 1 is 1.22 bits per heavy atom. The molecule has 1 heterocycles. The van der Waals surface area contributed by atoms with E-state index in [1.165, 1.54) is 11.1 Å². The second-order valence-corrected chi connectivity index (χ2v) is 6.51. The smallest absolute Gasteiger partial charge is 0.191 e. The van der Waals surface area contributed by atoms with Gasteiger partial charge in [0, 0.05) is 31.7 Å². The van der Waals surface area contributed by atoms with Crippen molar-refractivity contribution >= 4 is 5.96 Å². The quantitative estimate of drug-likeness (QED) is 0.626. The van der Waals surface area contributed by atoms with Gasteiger partial charge in [0.15, 0.2) is 5.96 Å². The fraction of sp³-hybridized carbons (Fsp3) is 0.632. The molecule has 1 aliphatic heterocycles. The van der Waals surface area contributed by atoms with E-state index in [-0.39, 0.29) is 0 Å². The van der Waals surface area contributed by atoms with Crippen molar-refractivity contribution in [2.24, 2.45) is 4.99 Å². The Kier molecular flexibility index (Phi) is 6.90. The molecule has 4 nitrogen and oxygen atoms in total. The van der Waals surface area contributed by atoms with Crippen LogP contribution >= 0.6 is 0 Å². The van der Waals surface area contributed by atoms with Crippen molar-refractivity contribution in [2.45, 2.75) is 59.2 Å². The summed E-state index contributed by atoms with van der Waals surface area (Å²) in [5.41, 5.74) is 2.98. The van der Waals surface area contributed by atoms with E-state index < -0.39 is 0 Å². The van der Waals surface area contributed by atoms with Gasteiger partial charge in [0.1, 0.15) is 0 Å². The fourth-order valence-corrected chi connectivity index (χ4v) is 2.89. The van der Waals surface area contributed by atoms with E-state index in [0.717, 1.165) is 45.0 Å². The third-order valence-corrected chi connectivity index (χ3v) is 4.64. The zero-order valence-corrected chi connectivity index (χ0v) is 15.1. The molecule has 1 aliphatic rings. The third-order valence-electron chi connectivity index (χ3n) is 4.64. The number of hydrogen-bond acceptors (Lipinski definition) is 2.